The van der Waals surface area contributed by atoms with Gasteiger partial charge in [0.25, 0.3) is 0 Å². The molecule has 0 aliphatic rings. The number of halogens is 2. The number of aliphatic hydroxyl groups excluding tert-OH is 1. The van der Waals surface area contributed by atoms with Crippen LogP contribution in [0.2, 0.25) is 10.0 Å². The first-order chi connectivity index (χ1) is 9.69. The predicted octanol–water partition coefficient (Wildman–Crippen LogP) is 3.59. The second kappa shape index (κ2) is 7.87. The standard InChI is InChI=1S/C15H22Cl2N2O2/c1-10(20)7-15(2,3)9-19-14(21)18-8-11-4-5-12(16)6-13(11)17/h4-6,10,20H,7-9H2,1-3H3,(H2,18,19,21). The third kappa shape index (κ3) is 7.02. The third-order valence-corrected chi connectivity index (χ3v) is 3.62. The Morgan fingerprint density at radius 2 is 2.00 bits per heavy atom. The first kappa shape index (κ1) is 18.1. The molecule has 0 radical (unpaired) electrons. The molecule has 1 atom stereocenters. The van der Waals surface area contributed by atoms with Crippen LogP contribution in [0.25, 0.3) is 0 Å². The summed E-state index contributed by atoms with van der Waals surface area (Å²) in [5.74, 6) is 0. The first-order valence-corrected chi connectivity index (χ1v) is 7.59. The number of urea groups is 1. The molecule has 1 rings (SSSR count). The summed E-state index contributed by atoms with van der Waals surface area (Å²) in [6, 6.07) is 4.89. The van der Waals surface area contributed by atoms with Crippen molar-refractivity contribution in [3.63, 3.8) is 0 Å². The van der Waals surface area contributed by atoms with Crippen molar-refractivity contribution in [3.8, 4) is 0 Å². The molecule has 0 aromatic heterocycles. The molecule has 3 N–H and O–H groups in total. The van der Waals surface area contributed by atoms with Gasteiger partial charge in [-0.05, 0) is 36.5 Å². The van der Waals surface area contributed by atoms with E-state index in [4.69, 9.17) is 23.2 Å². The maximum atomic E-state index is 11.8. The van der Waals surface area contributed by atoms with Gasteiger partial charge in [0.05, 0.1) is 6.10 Å². The lowest BCUT2D eigenvalue weighted by molar-refractivity contribution is 0.129. The van der Waals surface area contributed by atoms with Crippen LogP contribution in [0.15, 0.2) is 18.2 Å². The Labute approximate surface area is 135 Å². The van der Waals surface area contributed by atoms with Crippen LogP contribution in [0.5, 0.6) is 0 Å². The van der Waals surface area contributed by atoms with Crippen molar-refractivity contribution >= 4 is 29.2 Å². The number of rotatable bonds is 6. The van der Waals surface area contributed by atoms with Gasteiger partial charge in [-0.15, -0.1) is 0 Å². The fourth-order valence-corrected chi connectivity index (χ4v) is 2.57. The average molecular weight is 333 g/mol. The Balaban J connectivity index is 2.41. The molecule has 1 aromatic carbocycles. The molecule has 0 spiro atoms. The van der Waals surface area contributed by atoms with Crippen LogP contribution in [0.1, 0.15) is 32.8 Å². The fraction of sp³-hybridized carbons (Fsp3) is 0.533. The summed E-state index contributed by atoms with van der Waals surface area (Å²) in [6.45, 7) is 6.55. The fourth-order valence-electron chi connectivity index (χ4n) is 2.09. The van der Waals surface area contributed by atoms with Gasteiger partial charge >= 0.3 is 6.03 Å². The highest BCUT2D eigenvalue weighted by molar-refractivity contribution is 6.35. The molecule has 0 aliphatic heterocycles. The van der Waals surface area contributed by atoms with E-state index in [2.05, 4.69) is 10.6 Å². The molecular formula is C15H22Cl2N2O2. The minimum Gasteiger partial charge on any atom is -0.393 e. The average Bonchev–Trinajstić information content (AvgIpc) is 2.34. The Morgan fingerprint density at radius 1 is 1.33 bits per heavy atom. The molecule has 118 valence electrons. The van der Waals surface area contributed by atoms with E-state index in [0.717, 1.165) is 5.56 Å². The molecule has 0 heterocycles. The van der Waals surface area contributed by atoms with Crippen molar-refractivity contribution in [2.45, 2.75) is 39.8 Å². The number of hydrogen-bond donors (Lipinski definition) is 3. The lowest BCUT2D eigenvalue weighted by Gasteiger charge is -2.26. The Morgan fingerprint density at radius 3 is 2.57 bits per heavy atom. The number of nitrogens with one attached hydrogen (secondary N) is 2. The number of hydrogen-bond acceptors (Lipinski definition) is 2. The molecule has 0 fully saturated rings. The van der Waals surface area contributed by atoms with Crippen LogP contribution in [-0.2, 0) is 6.54 Å². The molecule has 4 nitrogen and oxygen atoms in total. The van der Waals surface area contributed by atoms with Crippen LogP contribution >= 0.6 is 23.2 Å². The predicted molar refractivity (Wildman–Crippen MR) is 86.8 cm³/mol. The lowest BCUT2D eigenvalue weighted by atomic mass is 9.87. The lowest BCUT2D eigenvalue weighted by Crippen LogP contribution is -2.41. The maximum Gasteiger partial charge on any atom is 0.315 e. The van der Waals surface area contributed by atoms with E-state index in [-0.39, 0.29) is 11.4 Å². The summed E-state index contributed by atoms with van der Waals surface area (Å²) in [4.78, 5) is 11.8. The molecule has 6 heteroatoms. The monoisotopic (exact) mass is 332 g/mol. The summed E-state index contributed by atoms with van der Waals surface area (Å²) in [5, 5.41) is 16.0. The van der Waals surface area contributed by atoms with Crippen molar-refractivity contribution in [2.75, 3.05) is 6.54 Å². The number of amides is 2. The highest BCUT2D eigenvalue weighted by Gasteiger charge is 2.21. The zero-order chi connectivity index (χ0) is 16.0. The van der Waals surface area contributed by atoms with Crippen LogP contribution in [0, 0.1) is 5.41 Å². The largest absolute Gasteiger partial charge is 0.393 e. The normalized spacial score (nSPS) is 12.9. The minimum atomic E-state index is -0.391. The van der Waals surface area contributed by atoms with Crippen molar-refractivity contribution < 1.29 is 9.90 Å². The third-order valence-electron chi connectivity index (χ3n) is 3.03. The summed E-state index contributed by atoms with van der Waals surface area (Å²) in [6.07, 6.45) is 0.230. The van der Waals surface area contributed by atoms with Crippen molar-refractivity contribution in [3.05, 3.63) is 33.8 Å². The van der Waals surface area contributed by atoms with E-state index in [1.54, 1.807) is 25.1 Å². The molecular weight excluding hydrogens is 311 g/mol. The van der Waals surface area contributed by atoms with Crippen molar-refractivity contribution in [1.29, 1.82) is 0 Å². The summed E-state index contributed by atoms with van der Waals surface area (Å²) in [5.41, 5.74) is 0.642. The number of carbonyl (C=O) groups excluding carboxylic acids is 1. The maximum absolute atomic E-state index is 11.8. The molecule has 0 bridgehead atoms. The van der Waals surface area contributed by atoms with Crippen molar-refractivity contribution in [1.82, 2.24) is 10.6 Å². The first-order valence-electron chi connectivity index (χ1n) is 6.83. The molecule has 21 heavy (non-hydrogen) atoms. The molecule has 2 amide bonds. The summed E-state index contributed by atoms with van der Waals surface area (Å²) in [7, 11) is 0. The van der Waals surface area contributed by atoms with Crippen molar-refractivity contribution in [2.24, 2.45) is 5.41 Å². The highest BCUT2D eigenvalue weighted by Crippen LogP contribution is 2.22. The van der Waals surface area contributed by atoms with Gasteiger partial charge in [0.2, 0.25) is 0 Å². The van der Waals surface area contributed by atoms with Crippen LogP contribution in [0.4, 0.5) is 4.79 Å². The Kier molecular flexibility index (Phi) is 6.78. The van der Waals surface area contributed by atoms with Gasteiger partial charge in [0, 0.05) is 23.1 Å². The second-order valence-electron chi connectivity index (χ2n) is 5.99. The number of aliphatic hydroxyl groups is 1. The zero-order valence-electron chi connectivity index (χ0n) is 12.5. The van der Waals surface area contributed by atoms with Gasteiger partial charge in [0.1, 0.15) is 0 Å². The minimum absolute atomic E-state index is 0.163. The second-order valence-corrected chi connectivity index (χ2v) is 6.83. The quantitative estimate of drug-likeness (QED) is 0.745. The van der Waals surface area contributed by atoms with Gasteiger partial charge in [-0.1, -0.05) is 43.1 Å². The van der Waals surface area contributed by atoms with E-state index in [1.165, 1.54) is 0 Å². The number of carbonyl (C=O) groups is 1. The topological polar surface area (TPSA) is 61.4 Å². The van der Waals surface area contributed by atoms with E-state index < -0.39 is 6.10 Å². The Bertz CT molecular complexity index is 491. The van der Waals surface area contributed by atoms with E-state index in [1.807, 2.05) is 13.8 Å². The summed E-state index contributed by atoms with van der Waals surface area (Å²) >= 11 is 11.9. The molecule has 0 saturated heterocycles. The molecule has 1 unspecified atom stereocenters. The molecule has 1 aromatic rings. The van der Waals surface area contributed by atoms with E-state index in [0.29, 0.717) is 29.6 Å². The molecule has 0 saturated carbocycles. The number of benzene rings is 1. The smallest absolute Gasteiger partial charge is 0.315 e. The van der Waals surface area contributed by atoms with Gasteiger partial charge in [0.15, 0.2) is 0 Å². The van der Waals surface area contributed by atoms with E-state index in [9.17, 15) is 9.90 Å². The Hall–Kier alpha value is -0.970. The van der Waals surface area contributed by atoms with Crippen LogP contribution in [0.3, 0.4) is 0 Å². The van der Waals surface area contributed by atoms with Crippen LogP contribution in [-0.4, -0.2) is 23.8 Å². The van der Waals surface area contributed by atoms with Gasteiger partial charge in [-0.25, -0.2) is 4.79 Å². The van der Waals surface area contributed by atoms with Crippen LogP contribution < -0.4 is 10.6 Å². The molecule has 0 aliphatic carbocycles. The van der Waals surface area contributed by atoms with E-state index >= 15 is 0 Å². The van der Waals surface area contributed by atoms with Gasteiger partial charge in [-0.2, -0.15) is 0 Å². The highest BCUT2D eigenvalue weighted by atomic mass is 35.5. The summed E-state index contributed by atoms with van der Waals surface area (Å²) < 4.78 is 0. The SMILES string of the molecule is CC(O)CC(C)(C)CNC(=O)NCc1ccc(Cl)cc1Cl. The van der Waals surface area contributed by atoms with Gasteiger partial charge in [-0.3, -0.25) is 0 Å². The zero-order valence-corrected chi connectivity index (χ0v) is 14.1. The van der Waals surface area contributed by atoms with Gasteiger partial charge < -0.3 is 15.7 Å².